The van der Waals surface area contributed by atoms with Gasteiger partial charge in [-0.3, -0.25) is 0 Å². The molecule has 0 bridgehead atoms. The number of aliphatic hydroxyl groups is 1. The summed E-state index contributed by atoms with van der Waals surface area (Å²) in [6.45, 7) is 3.87. The van der Waals surface area contributed by atoms with Gasteiger partial charge >= 0.3 is 0 Å². The van der Waals surface area contributed by atoms with Gasteiger partial charge in [-0.2, -0.15) is 5.10 Å². The monoisotopic (exact) mass is 387 g/mol. The van der Waals surface area contributed by atoms with Crippen LogP contribution in [-0.4, -0.2) is 43.5 Å². The van der Waals surface area contributed by atoms with Gasteiger partial charge in [-0.15, -0.1) is 0 Å². The summed E-state index contributed by atoms with van der Waals surface area (Å²) in [7, 11) is 0. The number of aromatic nitrogens is 4. The molecule has 0 unspecified atom stereocenters. The number of anilines is 1. The van der Waals surface area contributed by atoms with Crippen molar-refractivity contribution in [1.82, 2.24) is 19.7 Å². The average molecular weight is 387 g/mol. The van der Waals surface area contributed by atoms with Crippen LogP contribution in [0.2, 0.25) is 0 Å². The zero-order valence-electron chi connectivity index (χ0n) is 16.7. The molecule has 1 atom stereocenters. The second-order valence-corrected chi connectivity index (χ2v) is 10.4. The third kappa shape index (κ3) is 2.35. The fourth-order valence-electron chi connectivity index (χ4n) is 6.31. The van der Waals surface area contributed by atoms with Crippen LogP contribution < -0.4 is 4.90 Å². The van der Waals surface area contributed by atoms with E-state index in [1.165, 1.54) is 24.8 Å². The molecule has 0 radical (unpaired) electrons. The summed E-state index contributed by atoms with van der Waals surface area (Å²) in [6.07, 6.45) is 9.51. The van der Waals surface area contributed by atoms with Gasteiger partial charge < -0.3 is 10.0 Å². The Bertz CT molecular complexity index is 1150. The Morgan fingerprint density at radius 1 is 1.07 bits per heavy atom. The number of nitrogens with zero attached hydrogens (tertiary/aromatic N) is 5. The molecule has 4 aliphatic rings. The quantitative estimate of drug-likeness (QED) is 0.746. The Morgan fingerprint density at radius 2 is 1.86 bits per heavy atom. The second kappa shape index (κ2) is 4.98. The number of hydrogen-bond acceptors (Lipinski definition) is 5. The Kier molecular flexibility index (Phi) is 2.81. The molecule has 29 heavy (non-hydrogen) atoms. The van der Waals surface area contributed by atoms with Gasteiger partial charge in [0.15, 0.2) is 5.82 Å². The number of hydrogen-bond donors (Lipinski definition) is 1. The minimum atomic E-state index is -0.477. The fraction of sp³-hybridized carbons (Fsp3) is 0.522. The highest BCUT2D eigenvalue weighted by molar-refractivity contribution is 5.81. The summed E-state index contributed by atoms with van der Waals surface area (Å²) in [6, 6.07) is 8.84. The van der Waals surface area contributed by atoms with Crippen LogP contribution in [0.5, 0.6) is 0 Å². The molecule has 3 aliphatic carbocycles. The lowest BCUT2D eigenvalue weighted by molar-refractivity contribution is -0.126. The molecule has 3 aromatic rings. The first-order chi connectivity index (χ1) is 13.9. The zero-order chi connectivity index (χ0) is 19.4. The molecule has 6 nitrogen and oxygen atoms in total. The van der Waals surface area contributed by atoms with Crippen molar-refractivity contribution in [1.29, 1.82) is 0 Å². The van der Waals surface area contributed by atoms with Crippen molar-refractivity contribution >= 4 is 16.7 Å². The molecule has 148 valence electrons. The van der Waals surface area contributed by atoms with Crippen LogP contribution in [-0.2, 0) is 0 Å². The maximum absolute atomic E-state index is 10.1. The van der Waals surface area contributed by atoms with Gasteiger partial charge in [-0.05, 0) is 62.0 Å². The van der Waals surface area contributed by atoms with Crippen molar-refractivity contribution in [3.63, 3.8) is 0 Å². The highest BCUT2D eigenvalue weighted by atomic mass is 16.3. The van der Waals surface area contributed by atoms with Crippen LogP contribution in [0.3, 0.4) is 0 Å². The lowest BCUT2D eigenvalue weighted by Gasteiger charge is -2.61. The summed E-state index contributed by atoms with van der Waals surface area (Å²) < 4.78 is 1.95. The first kappa shape index (κ1) is 16.3. The molecular formula is C23H25N5O. The average Bonchev–Trinajstić information content (AvgIpc) is 3.55. The standard InChI is InChI=1S/C23H25N5O/c1-21(29)10-22(11-21)12-27(13-22)19-7-20(25-14-24-19)28-18-6-15(2-3-16(18)9-26-28)17-8-23(17)4-5-23/h2-3,6-7,9,14,17,29H,4-5,8,10-13H2,1H3/t17-/m0/s1. The first-order valence-electron chi connectivity index (χ1n) is 10.7. The smallest absolute Gasteiger partial charge is 0.159 e. The Morgan fingerprint density at radius 3 is 2.59 bits per heavy atom. The van der Waals surface area contributed by atoms with E-state index in [0.29, 0.717) is 5.41 Å². The minimum Gasteiger partial charge on any atom is -0.390 e. The van der Waals surface area contributed by atoms with E-state index in [4.69, 9.17) is 0 Å². The predicted octanol–water partition coefficient (Wildman–Crippen LogP) is 3.43. The van der Waals surface area contributed by atoms with Gasteiger partial charge in [0, 0.05) is 30.0 Å². The second-order valence-electron chi connectivity index (χ2n) is 10.4. The summed E-state index contributed by atoms with van der Waals surface area (Å²) in [5.74, 6) is 2.51. The maximum Gasteiger partial charge on any atom is 0.159 e. The van der Waals surface area contributed by atoms with E-state index in [0.717, 1.165) is 54.4 Å². The molecule has 0 amide bonds. The van der Waals surface area contributed by atoms with Crippen LogP contribution in [0, 0.1) is 10.8 Å². The van der Waals surface area contributed by atoms with E-state index in [1.807, 2.05) is 23.9 Å². The van der Waals surface area contributed by atoms with Crippen molar-refractivity contribution in [2.24, 2.45) is 10.8 Å². The van der Waals surface area contributed by atoms with Crippen LogP contribution in [0.25, 0.3) is 16.7 Å². The fourth-order valence-corrected chi connectivity index (χ4v) is 6.31. The number of benzene rings is 1. The van der Waals surface area contributed by atoms with E-state index < -0.39 is 5.60 Å². The molecule has 2 aromatic heterocycles. The van der Waals surface area contributed by atoms with E-state index in [2.05, 4.69) is 38.2 Å². The maximum atomic E-state index is 10.1. The summed E-state index contributed by atoms with van der Waals surface area (Å²) in [4.78, 5) is 11.3. The lowest BCUT2D eigenvalue weighted by Crippen LogP contribution is -2.67. The molecule has 1 saturated heterocycles. The molecule has 3 saturated carbocycles. The summed E-state index contributed by atoms with van der Waals surface area (Å²) in [5.41, 5.74) is 3.04. The molecule has 6 heteroatoms. The van der Waals surface area contributed by atoms with Crippen molar-refractivity contribution in [2.75, 3.05) is 18.0 Å². The molecule has 7 rings (SSSR count). The van der Waals surface area contributed by atoms with Crippen molar-refractivity contribution < 1.29 is 5.11 Å². The normalized spacial score (nSPS) is 27.1. The summed E-state index contributed by atoms with van der Waals surface area (Å²) in [5, 5.41) is 15.9. The third-order valence-corrected chi connectivity index (χ3v) is 7.82. The molecule has 2 spiro atoms. The van der Waals surface area contributed by atoms with Crippen molar-refractivity contribution in [2.45, 2.75) is 50.5 Å². The molecule has 3 heterocycles. The zero-order valence-corrected chi connectivity index (χ0v) is 16.7. The van der Waals surface area contributed by atoms with E-state index in [-0.39, 0.29) is 5.41 Å². The first-order valence-corrected chi connectivity index (χ1v) is 10.7. The SMILES string of the molecule is CC1(O)CC2(CN(c3cc(-n4ncc5ccc([C@@H]6CC67CC7)cc54)ncn3)C2)C1. The molecule has 4 fully saturated rings. The number of fused-ring (bicyclic) bond motifs is 1. The highest BCUT2D eigenvalue weighted by Gasteiger charge is 2.63. The van der Waals surface area contributed by atoms with E-state index in [1.54, 1.807) is 6.33 Å². The van der Waals surface area contributed by atoms with Crippen molar-refractivity contribution in [3.05, 3.63) is 42.4 Å². The van der Waals surface area contributed by atoms with Gasteiger partial charge in [-0.1, -0.05) is 12.1 Å². The van der Waals surface area contributed by atoms with Crippen LogP contribution >= 0.6 is 0 Å². The van der Waals surface area contributed by atoms with E-state index >= 15 is 0 Å². The number of rotatable bonds is 3. The van der Waals surface area contributed by atoms with Gasteiger partial charge in [0.2, 0.25) is 0 Å². The molecule has 1 aromatic carbocycles. The predicted molar refractivity (Wildman–Crippen MR) is 110 cm³/mol. The minimum absolute atomic E-state index is 0.283. The van der Waals surface area contributed by atoms with E-state index in [9.17, 15) is 5.11 Å². The van der Waals surface area contributed by atoms with Gasteiger partial charge in [0.05, 0.1) is 17.3 Å². The Balaban J connectivity index is 1.18. The van der Waals surface area contributed by atoms with Crippen molar-refractivity contribution in [3.8, 4) is 5.82 Å². The molecular weight excluding hydrogens is 362 g/mol. The third-order valence-electron chi connectivity index (χ3n) is 7.82. The van der Waals surface area contributed by atoms with Gasteiger partial charge in [-0.25, -0.2) is 14.6 Å². The van der Waals surface area contributed by atoms with Gasteiger partial charge in [0.25, 0.3) is 0 Å². The Labute approximate surface area is 169 Å². The highest BCUT2D eigenvalue weighted by Crippen LogP contribution is 2.75. The largest absolute Gasteiger partial charge is 0.390 e. The van der Waals surface area contributed by atoms with Crippen LogP contribution in [0.15, 0.2) is 36.8 Å². The lowest BCUT2D eigenvalue weighted by atomic mass is 9.56. The summed E-state index contributed by atoms with van der Waals surface area (Å²) >= 11 is 0. The molecule has 1 N–H and O–H groups in total. The van der Waals surface area contributed by atoms with Gasteiger partial charge in [0.1, 0.15) is 12.1 Å². The Hall–Kier alpha value is -2.47. The topological polar surface area (TPSA) is 67.1 Å². The van der Waals surface area contributed by atoms with Crippen LogP contribution in [0.4, 0.5) is 5.82 Å². The van der Waals surface area contributed by atoms with Crippen LogP contribution in [0.1, 0.15) is 50.5 Å². The molecule has 1 aliphatic heterocycles.